The Balaban J connectivity index is 4.34. The molecular formula is C46H87NO8P+. The molecule has 0 saturated heterocycles. The lowest BCUT2D eigenvalue weighted by atomic mass is 10.0. The molecule has 1 N–H and O–H groups in total. The normalized spacial score (nSPS) is 13.9. The molecule has 0 bridgehead atoms. The number of quaternary nitrogens is 1. The van der Waals surface area contributed by atoms with E-state index in [4.69, 9.17) is 18.5 Å². The van der Waals surface area contributed by atoms with Gasteiger partial charge in [0.05, 0.1) is 27.7 Å². The van der Waals surface area contributed by atoms with Gasteiger partial charge in [-0.2, -0.15) is 0 Å². The molecule has 0 heterocycles. The molecule has 328 valence electrons. The average Bonchev–Trinajstić information content (AvgIpc) is 3.15. The Morgan fingerprint density at radius 3 is 1.52 bits per heavy atom. The second kappa shape index (κ2) is 38.7. The lowest BCUT2D eigenvalue weighted by molar-refractivity contribution is -0.870. The van der Waals surface area contributed by atoms with E-state index in [-0.39, 0.29) is 32.0 Å². The predicted molar refractivity (Wildman–Crippen MR) is 234 cm³/mol. The molecule has 0 aliphatic rings. The van der Waals surface area contributed by atoms with Crippen molar-refractivity contribution in [3.63, 3.8) is 0 Å². The minimum Gasteiger partial charge on any atom is -0.462 e. The number of hydrogen-bond donors (Lipinski definition) is 1. The molecule has 2 atom stereocenters. The van der Waals surface area contributed by atoms with Crippen LogP contribution in [0.4, 0.5) is 0 Å². The van der Waals surface area contributed by atoms with Gasteiger partial charge in [0, 0.05) is 12.8 Å². The Labute approximate surface area is 344 Å². The molecule has 0 amide bonds. The molecule has 0 aliphatic carbocycles. The van der Waals surface area contributed by atoms with Gasteiger partial charge in [0.2, 0.25) is 0 Å². The molecular weight excluding hydrogens is 725 g/mol. The van der Waals surface area contributed by atoms with E-state index in [1.807, 2.05) is 21.1 Å². The Bertz CT molecular complexity index is 1050. The number of phosphoric ester groups is 1. The highest BCUT2D eigenvalue weighted by Gasteiger charge is 2.27. The Kier molecular flexibility index (Phi) is 37.5. The Morgan fingerprint density at radius 2 is 1.02 bits per heavy atom. The average molecular weight is 813 g/mol. The summed E-state index contributed by atoms with van der Waals surface area (Å²) >= 11 is 0. The molecule has 0 aromatic rings. The van der Waals surface area contributed by atoms with Crippen LogP contribution in [0.2, 0.25) is 0 Å². The molecule has 1 unspecified atom stereocenters. The molecule has 0 aromatic carbocycles. The highest BCUT2D eigenvalue weighted by atomic mass is 31.2. The fourth-order valence-electron chi connectivity index (χ4n) is 6.15. The van der Waals surface area contributed by atoms with Crippen LogP contribution in [-0.4, -0.2) is 74.9 Å². The third-order valence-electron chi connectivity index (χ3n) is 9.68. The first-order valence-electron chi connectivity index (χ1n) is 22.7. The summed E-state index contributed by atoms with van der Waals surface area (Å²) in [5.41, 5.74) is 0. The number of phosphoric acid groups is 1. The van der Waals surface area contributed by atoms with Crippen molar-refractivity contribution in [2.45, 2.75) is 200 Å². The first kappa shape index (κ1) is 54.2. The van der Waals surface area contributed by atoms with Crippen LogP contribution >= 0.6 is 7.82 Å². The van der Waals surface area contributed by atoms with Gasteiger partial charge in [-0.15, -0.1) is 0 Å². The van der Waals surface area contributed by atoms with Gasteiger partial charge in [-0.05, 0) is 44.9 Å². The third-order valence-corrected chi connectivity index (χ3v) is 10.7. The van der Waals surface area contributed by atoms with Crippen LogP contribution < -0.4 is 0 Å². The number of carbonyl (C=O) groups excluding carboxylic acids is 2. The van der Waals surface area contributed by atoms with E-state index in [0.29, 0.717) is 17.4 Å². The summed E-state index contributed by atoms with van der Waals surface area (Å²) in [4.78, 5) is 35.4. The number of rotatable bonds is 41. The van der Waals surface area contributed by atoms with E-state index >= 15 is 0 Å². The van der Waals surface area contributed by atoms with Crippen molar-refractivity contribution in [1.82, 2.24) is 0 Å². The Hall–Kier alpha value is -1.77. The molecule has 9 nitrogen and oxygen atoms in total. The van der Waals surface area contributed by atoms with E-state index in [1.165, 1.54) is 89.9 Å². The lowest BCUT2D eigenvalue weighted by Gasteiger charge is -2.24. The van der Waals surface area contributed by atoms with E-state index in [2.05, 4.69) is 50.3 Å². The number of allylic oxidation sites excluding steroid dienone is 6. The van der Waals surface area contributed by atoms with Crippen molar-refractivity contribution in [2.24, 2.45) is 0 Å². The molecule has 0 aromatic heterocycles. The number of esters is 2. The molecule has 56 heavy (non-hydrogen) atoms. The van der Waals surface area contributed by atoms with Crippen molar-refractivity contribution in [3.05, 3.63) is 36.5 Å². The zero-order chi connectivity index (χ0) is 41.4. The van der Waals surface area contributed by atoms with Gasteiger partial charge in [-0.25, -0.2) is 4.57 Å². The molecule has 0 spiro atoms. The van der Waals surface area contributed by atoms with Crippen LogP contribution in [-0.2, 0) is 32.7 Å². The van der Waals surface area contributed by atoms with Gasteiger partial charge in [0.25, 0.3) is 0 Å². The maximum atomic E-state index is 12.7. The van der Waals surface area contributed by atoms with Gasteiger partial charge in [-0.1, -0.05) is 172 Å². The number of unbranched alkanes of at least 4 members (excludes halogenated alkanes) is 21. The van der Waals surface area contributed by atoms with Crippen molar-refractivity contribution < 1.29 is 42.1 Å². The molecule has 10 heteroatoms. The summed E-state index contributed by atoms with van der Waals surface area (Å²) in [6, 6.07) is 0. The summed E-state index contributed by atoms with van der Waals surface area (Å²) in [6.45, 7) is 4.31. The maximum absolute atomic E-state index is 12.7. The summed E-state index contributed by atoms with van der Waals surface area (Å²) in [7, 11) is 1.47. The van der Waals surface area contributed by atoms with E-state index in [1.54, 1.807) is 0 Å². The van der Waals surface area contributed by atoms with Crippen molar-refractivity contribution in [2.75, 3.05) is 47.5 Å². The molecule has 0 saturated carbocycles. The number of nitrogens with zero attached hydrogens (tertiary/aromatic N) is 1. The topological polar surface area (TPSA) is 108 Å². The van der Waals surface area contributed by atoms with Crippen LogP contribution in [0.15, 0.2) is 36.5 Å². The van der Waals surface area contributed by atoms with Crippen LogP contribution in [0.5, 0.6) is 0 Å². The van der Waals surface area contributed by atoms with Crippen molar-refractivity contribution in [3.8, 4) is 0 Å². The van der Waals surface area contributed by atoms with Crippen molar-refractivity contribution >= 4 is 19.8 Å². The van der Waals surface area contributed by atoms with Crippen LogP contribution in [0.3, 0.4) is 0 Å². The number of likely N-dealkylation sites (N-methyl/N-ethyl adjacent to an activating group) is 1. The highest BCUT2D eigenvalue weighted by Crippen LogP contribution is 2.43. The summed E-state index contributed by atoms with van der Waals surface area (Å²) in [5.74, 6) is -0.813. The van der Waals surface area contributed by atoms with Crippen LogP contribution in [0.1, 0.15) is 194 Å². The zero-order valence-electron chi connectivity index (χ0n) is 36.9. The SMILES string of the molecule is CC/C=C\C/C=C\C/C=C\CCCCCCCC(=O)OC[C@H](COP(=O)(O)OCC[N+](C)(C)C)OC(=O)CCCCCCCCCCCCCCCCCCC. The first-order chi connectivity index (χ1) is 27.0. The molecule has 0 rings (SSSR count). The molecule has 0 radical (unpaired) electrons. The van der Waals surface area contributed by atoms with E-state index < -0.39 is 26.5 Å². The number of ether oxygens (including phenoxy) is 2. The van der Waals surface area contributed by atoms with Gasteiger partial charge in [-0.3, -0.25) is 18.6 Å². The van der Waals surface area contributed by atoms with Crippen LogP contribution in [0.25, 0.3) is 0 Å². The standard InChI is InChI=1S/C46H86NO8P/c1-6-8-10-12-14-16-18-20-22-23-25-27-29-31-33-35-37-39-46(49)55-44(43-54-56(50,51)53-41-40-47(3,4)5)42-52-45(48)38-36-34-32-30-28-26-24-21-19-17-15-13-11-9-7-2/h9,11,15,17,21,24,44H,6-8,10,12-14,16,18-20,22-23,25-43H2,1-5H3/p+1/b11-9-,17-15-,24-21-/t44-/m1/s1. The smallest absolute Gasteiger partial charge is 0.462 e. The summed E-state index contributed by atoms with van der Waals surface area (Å²) in [6.07, 6.45) is 43.3. The van der Waals surface area contributed by atoms with E-state index in [0.717, 1.165) is 70.6 Å². The minimum atomic E-state index is -4.38. The fourth-order valence-corrected chi connectivity index (χ4v) is 6.89. The second-order valence-electron chi connectivity index (χ2n) is 16.4. The molecule has 0 aliphatic heterocycles. The minimum absolute atomic E-state index is 0.0295. The van der Waals surface area contributed by atoms with Gasteiger partial charge in [0.1, 0.15) is 19.8 Å². The zero-order valence-corrected chi connectivity index (χ0v) is 37.8. The lowest BCUT2D eigenvalue weighted by Crippen LogP contribution is -2.37. The first-order valence-corrected chi connectivity index (χ1v) is 24.2. The fraction of sp³-hybridized carbons (Fsp3) is 0.826. The number of carbonyl (C=O) groups is 2. The van der Waals surface area contributed by atoms with Crippen molar-refractivity contribution in [1.29, 1.82) is 0 Å². The largest absolute Gasteiger partial charge is 0.472 e. The second-order valence-corrected chi connectivity index (χ2v) is 17.9. The predicted octanol–water partition coefficient (Wildman–Crippen LogP) is 12.9. The summed E-state index contributed by atoms with van der Waals surface area (Å²) in [5, 5.41) is 0. The van der Waals surface area contributed by atoms with Gasteiger partial charge >= 0.3 is 19.8 Å². The molecule has 0 fully saturated rings. The third kappa shape index (κ3) is 41.9. The monoisotopic (exact) mass is 813 g/mol. The Morgan fingerprint density at radius 1 is 0.571 bits per heavy atom. The quantitative estimate of drug-likeness (QED) is 0.0214. The maximum Gasteiger partial charge on any atom is 0.472 e. The number of hydrogen-bond acceptors (Lipinski definition) is 7. The van der Waals surface area contributed by atoms with Crippen LogP contribution in [0, 0.1) is 0 Å². The highest BCUT2D eigenvalue weighted by molar-refractivity contribution is 7.47. The summed E-state index contributed by atoms with van der Waals surface area (Å²) < 4.78 is 34.3. The van der Waals surface area contributed by atoms with Gasteiger partial charge in [0.15, 0.2) is 6.10 Å². The van der Waals surface area contributed by atoms with Gasteiger partial charge < -0.3 is 18.9 Å². The van der Waals surface area contributed by atoms with E-state index in [9.17, 15) is 19.0 Å².